The number of nitrogens with one attached hydrogen (secondary N) is 1. The highest BCUT2D eigenvalue weighted by atomic mass is 32.1. The molecule has 1 rings (SSSR count). The van der Waals surface area contributed by atoms with Crippen LogP contribution in [0.1, 0.15) is 51.0 Å². The fraction of sp³-hybridized carbons (Fsp3) is 0.667. The van der Waals surface area contributed by atoms with Gasteiger partial charge in [0, 0.05) is 11.3 Å². The molecule has 0 saturated heterocycles. The number of amides is 1. The number of rotatable bonds is 8. The lowest BCUT2D eigenvalue weighted by atomic mass is 9.94. The number of thiophene rings is 1. The maximum absolute atomic E-state index is 12.1. The van der Waals surface area contributed by atoms with Crippen LogP contribution in [-0.4, -0.2) is 12.5 Å². The third-order valence-corrected chi connectivity index (χ3v) is 4.23. The predicted molar refractivity (Wildman–Crippen MR) is 82.1 cm³/mol. The van der Waals surface area contributed by atoms with Crippen LogP contribution in [0.3, 0.4) is 0 Å². The van der Waals surface area contributed by atoms with E-state index in [1.54, 1.807) is 11.3 Å². The summed E-state index contributed by atoms with van der Waals surface area (Å²) < 4.78 is 0. The van der Waals surface area contributed by atoms with Crippen LogP contribution in [0.4, 0.5) is 0 Å². The van der Waals surface area contributed by atoms with Crippen molar-refractivity contribution in [1.82, 2.24) is 5.32 Å². The Kier molecular flexibility index (Phi) is 7.10. The molecule has 0 radical (unpaired) electrons. The van der Waals surface area contributed by atoms with Crippen molar-refractivity contribution in [3.63, 3.8) is 0 Å². The highest BCUT2D eigenvalue weighted by molar-refractivity contribution is 7.10. The van der Waals surface area contributed by atoms with Gasteiger partial charge in [-0.3, -0.25) is 4.79 Å². The van der Waals surface area contributed by atoms with E-state index in [0.29, 0.717) is 24.8 Å². The van der Waals surface area contributed by atoms with Crippen molar-refractivity contribution in [2.75, 3.05) is 6.54 Å². The molecule has 0 aliphatic carbocycles. The van der Waals surface area contributed by atoms with Crippen LogP contribution in [0, 0.1) is 11.8 Å². The molecular formula is C15H26N2OS. The summed E-state index contributed by atoms with van der Waals surface area (Å²) >= 11 is 1.69. The van der Waals surface area contributed by atoms with E-state index < -0.39 is 0 Å². The molecule has 1 heterocycles. The number of nitrogens with two attached hydrogens (primary N) is 1. The number of hydrogen-bond donors (Lipinski definition) is 2. The first kappa shape index (κ1) is 16.2. The summed E-state index contributed by atoms with van der Waals surface area (Å²) in [5, 5.41) is 5.17. The molecule has 0 aromatic carbocycles. The van der Waals surface area contributed by atoms with Crippen molar-refractivity contribution < 1.29 is 4.79 Å². The Bertz CT molecular complexity index is 362. The Morgan fingerprint density at radius 3 is 2.68 bits per heavy atom. The summed E-state index contributed by atoms with van der Waals surface area (Å²) in [6.45, 7) is 7.02. The zero-order chi connectivity index (χ0) is 14.3. The van der Waals surface area contributed by atoms with Crippen LogP contribution in [0.15, 0.2) is 17.5 Å². The molecule has 0 spiro atoms. The summed E-state index contributed by atoms with van der Waals surface area (Å²) in [5.74, 6) is 0.998. The van der Waals surface area contributed by atoms with Crippen LogP contribution in [-0.2, 0) is 4.79 Å². The largest absolute Gasteiger partial charge is 0.348 e. The molecule has 19 heavy (non-hydrogen) atoms. The first-order valence-corrected chi connectivity index (χ1v) is 7.97. The zero-order valence-electron chi connectivity index (χ0n) is 12.2. The molecule has 2 unspecified atom stereocenters. The lowest BCUT2D eigenvalue weighted by Crippen LogP contribution is -2.31. The molecule has 2 atom stereocenters. The maximum atomic E-state index is 12.1. The van der Waals surface area contributed by atoms with E-state index in [1.165, 1.54) is 4.88 Å². The molecule has 0 bridgehead atoms. The lowest BCUT2D eigenvalue weighted by molar-refractivity contribution is -0.122. The minimum Gasteiger partial charge on any atom is -0.348 e. The van der Waals surface area contributed by atoms with Crippen LogP contribution >= 0.6 is 11.3 Å². The van der Waals surface area contributed by atoms with Gasteiger partial charge < -0.3 is 11.1 Å². The van der Waals surface area contributed by atoms with Crippen molar-refractivity contribution >= 4 is 17.2 Å². The average Bonchev–Trinajstić information content (AvgIpc) is 2.88. The fourth-order valence-electron chi connectivity index (χ4n) is 2.31. The van der Waals surface area contributed by atoms with Crippen molar-refractivity contribution in [3.05, 3.63) is 22.4 Å². The first-order chi connectivity index (χ1) is 9.06. The Morgan fingerprint density at radius 1 is 1.47 bits per heavy atom. The second kappa shape index (κ2) is 8.33. The number of carbonyl (C=O) groups excluding carboxylic acids is 1. The van der Waals surface area contributed by atoms with Gasteiger partial charge in [0.15, 0.2) is 0 Å². The molecule has 3 nitrogen and oxygen atoms in total. The zero-order valence-corrected chi connectivity index (χ0v) is 13.0. The molecule has 0 saturated carbocycles. The maximum Gasteiger partial charge on any atom is 0.220 e. The minimum absolute atomic E-state index is 0.122. The molecular weight excluding hydrogens is 256 g/mol. The van der Waals surface area contributed by atoms with Crippen molar-refractivity contribution in [2.24, 2.45) is 17.6 Å². The predicted octanol–water partition coefficient (Wildman–Crippen LogP) is 3.33. The fourth-order valence-corrected chi connectivity index (χ4v) is 3.17. The lowest BCUT2D eigenvalue weighted by Gasteiger charge is -2.20. The molecule has 4 heteroatoms. The summed E-state index contributed by atoms with van der Waals surface area (Å²) in [6, 6.07) is 4.24. The van der Waals surface area contributed by atoms with Gasteiger partial charge in [-0.15, -0.1) is 11.3 Å². The van der Waals surface area contributed by atoms with Crippen LogP contribution in [0.5, 0.6) is 0 Å². The van der Waals surface area contributed by atoms with E-state index in [4.69, 9.17) is 5.73 Å². The van der Waals surface area contributed by atoms with E-state index in [9.17, 15) is 4.79 Å². The molecule has 0 aliphatic heterocycles. The van der Waals surface area contributed by atoms with Crippen molar-refractivity contribution in [1.29, 1.82) is 0 Å². The molecule has 1 amide bonds. The SMILES string of the molecule is CCC(NC(=O)CC(CN)CC(C)C)c1cccs1. The van der Waals surface area contributed by atoms with Crippen LogP contribution in [0.2, 0.25) is 0 Å². The van der Waals surface area contributed by atoms with E-state index in [0.717, 1.165) is 12.8 Å². The Balaban J connectivity index is 2.48. The monoisotopic (exact) mass is 282 g/mol. The smallest absolute Gasteiger partial charge is 0.220 e. The first-order valence-electron chi connectivity index (χ1n) is 7.09. The van der Waals surface area contributed by atoms with Crippen LogP contribution in [0.25, 0.3) is 0 Å². The Labute approximate surface area is 120 Å². The summed E-state index contributed by atoms with van der Waals surface area (Å²) in [5.41, 5.74) is 5.75. The molecule has 1 aromatic rings. The van der Waals surface area contributed by atoms with E-state index in [1.807, 2.05) is 11.4 Å². The second-order valence-corrected chi connectivity index (χ2v) is 6.46. The molecule has 0 fully saturated rings. The Morgan fingerprint density at radius 2 is 2.21 bits per heavy atom. The molecule has 108 valence electrons. The van der Waals surface area contributed by atoms with Crippen LogP contribution < -0.4 is 11.1 Å². The van der Waals surface area contributed by atoms with Gasteiger partial charge in [0.05, 0.1) is 6.04 Å². The normalized spacial score (nSPS) is 14.4. The van der Waals surface area contributed by atoms with Gasteiger partial charge in [-0.1, -0.05) is 26.8 Å². The van der Waals surface area contributed by atoms with Gasteiger partial charge in [-0.25, -0.2) is 0 Å². The standard InChI is InChI=1S/C15H26N2OS/c1-4-13(14-6-5-7-19-14)17-15(18)9-12(10-16)8-11(2)3/h5-7,11-13H,4,8-10,16H2,1-3H3,(H,17,18). The molecule has 0 aliphatic rings. The van der Waals surface area contributed by atoms with Gasteiger partial charge in [-0.2, -0.15) is 0 Å². The van der Waals surface area contributed by atoms with Crippen molar-refractivity contribution in [3.8, 4) is 0 Å². The number of hydrogen-bond acceptors (Lipinski definition) is 3. The van der Waals surface area contributed by atoms with Gasteiger partial charge in [0.2, 0.25) is 5.91 Å². The summed E-state index contributed by atoms with van der Waals surface area (Å²) in [7, 11) is 0. The quantitative estimate of drug-likeness (QED) is 0.768. The summed E-state index contributed by atoms with van der Waals surface area (Å²) in [4.78, 5) is 13.3. The topological polar surface area (TPSA) is 55.1 Å². The van der Waals surface area contributed by atoms with Crippen molar-refractivity contribution in [2.45, 2.75) is 46.1 Å². The average molecular weight is 282 g/mol. The van der Waals surface area contributed by atoms with Gasteiger partial charge in [0.25, 0.3) is 0 Å². The van der Waals surface area contributed by atoms with Gasteiger partial charge in [0.1, 0.15) is 0 Å². The Hall–Kier alpha value is -0.870. The van der Waals surface area contributed by atoms with E-state index in [2.05, 4.69) is 32.2 Å². The second-order valence-electron chi connectivity index (χ2n) is 5.48. The highest BCUT2D eigenvalue weighted by Gasteiger charge is 2.17. The highest BCUT2D eigenvalue weighted by Crippen LogP contribution is 2.22. The molecule has 1 aromatic heterocycles. The number of carbonyl (C=O) groups is 1. The van der Waals surface area contributed by atoms with E-state index in [-0.39, 0.29) is 11.9 Å². The van der Waals surface area contributed by atoms with Gasteiger partial charge in [-0.05, 0) is 42.7 Å². The summed E-state index contributed by atoms with van der Waals surface area (Å²) in [6.07, 6.45) is 2.47. The minimum atomic E-state index is 0.122. The third kappa shape index (κ3) is 5.74. The molecule has 3 N–H and O–H groups in total. The third-order valence-electron chi connectivity index (χ3n) is 3.24. The van der Waals surface area contributed by atoms with Gasteiger partial charge >= 0.3 is 0 Å². The van der Waals surface area contributed by atoms with E-state index >= 15 is 0 Å².